The number of ketones is 1. The maximum absolute atomic E-state index is 12.6. The van der Waals surface area contributed by atoms with Gasteiger partial charge in [0.1, 0.15) is 17.2 Å². The van der Waals surface area contributed by atoms with E-state index >= 15 is 0 Å². The number of nitrogens with one attached hydrogen (secondary N) is 3. The van der Waals surface area contributed by atoms with Crippen molar-refractivity contribution in [2.45, 2.75) is 19.3 Å². The van der Waals surface area contributed by atoms with Crippen LogP contribution >= 0.6 is 0 Å². The predicted octanol–water partition coefficient (Wildman–Crippen LogP) is 1.70. The number of aromatic amines is 1. The number of aliphatic hydroxyl groups is 1. The van der Waals surface area contributed by atoms with E-state index in [2.05, 4.69) is 30.7 Å². The number of Topliss-reactive ketones (excluding diaryl/α,β-unsaturated/α-hetero) is 1. The number of aliphatic hydroxyl groups excluding tert-OH is 1. The van der Waals surface area contributed by atoms with Crippen molar-refractivity contribution < 1.29 is 9.90 Å². The number of aromatic nitrogens is 5. The molecule has 0 amide bonds. The highest BCUT2D eigenvalue weighted by molar-refractivity contribution is 6.04. The van der Waals surface area contributed by atoms with Gasteiger partial charge < -0.3 is 20.8 Å². The van der Waals surface area contributed by atoms with E-state index in [1.54, 1.807) is 37.8 Å². The molecule has 0 saturated heterocycles. The number of hydrogen-bond donors (Lipinski definition) is 4. The number of pyridine rings is 1. The van der Waals surface area contributed by atoms with E-state index in [4.69, 9.17) is 5.11 Å². The fraction of sp³-hybridized carbons (Fsp3) is 0.350. The minimum atomic E-state index is -0.219. The van der Waals surface area contributed by atoms with Gasteiger partial charge in [-0.25, -0.2) is 15.0 Å². The Morgan fingerprint density at radius 2 is 2.17 bits per heavy atom. The quantitative estimate of drug-likeness (QED) is 0.309. The molecule has 0 aliphatic heterocycles. The summed E-state index contributed by atoms with van der Waals surface area (Å²) in [6.07, 6.45) is 7.08. The SMILES string of the molecule is Cn1[nH]cc(-c2nccc(Nc3cc(NCCCO)c(C(=O)C4CC4)cn3)n2)c1=O. The molecule has 0 spiro atoms. The zero-order valence-electron chi connectivity index (χ0n) is 16.6. The van der Waals surface area contributed by atoms with Crippen LogP contribution in [-0.4, -0.2) is 48.8 Å². The lowest BCUT2D eigenvalue weighted by molar-refractivity contribution is 0.0968. The third-order valence-electron chi connectivity index (χ3n) is 4.86. The highest BCUT2D eigenvalue weighted by Crippen LogP contribution is 2.35. The van der Waals surface area contributed by atoms with Crippen LogP contribution < -0.4 is 16.2 Å². The van der Waals surface area contributed by atoms with Crippen molar-refractivity contribution in [1.82, 2.24) is 24.7 Å². The lowest BCUT2D eigenvalue weighted by atomic mass is 10.1. The zero-order valence-corrected chi connectivity index (χ0v) is 16.6. The number of H-pyrrole nitrogens is 1. The summed E-state index contributed by atoms with van der Waals surface area (Å²) in [5.41, 5.74) is 1.38. The highest BCUT2D eigenvalue weighted by atomic mass is 16.3. The van der Waals surface area contributed by atoms with Crippen molar-refractivity contribution in [3.8, 4) is 11.4 Å². The highest BCUT2D eigenvalue weighted by Gasteiger charge is 2.32. The van der Waals surface area contributed by atoms with Gasteiger partial charge in [0.25, 0.3) is 5.56 Å². The summed E-state index contributed by atoms with van der Waals surface area (Å²) in [5, 5.41) is 18.2. The van der Waals surface area contributed by atoms with Crippen LogP contribution in [0.15, 0.2) is 35.5 Å². The normalized spacial score (nSPS) is 13.3. The van der Waals surface area contributed by atoms with Gasteiger partial charge in [0.15, 0.2) is 11.6 Å². The molecule has 0 radical (unpaired) electrons. The topological polar surface area (TPSA) is 138 Å². The van der Waals surface area contributed by atoms with E-state index in [1.807, 2.05) is 0 Å². The first-order valence-corrected chi connectivity index (χ1v) is 9.80. The largest absolute Gasteiger partial charge is 0.396 e. The molecule has 0 unspecified atom stereocenters. The molecule has 4 rings (SSSR count). The van der Waals surface area contributed by atoms with Crippen molar-refractivity contribution in [3.63, 3.8) is 0 Å². The predicted molar refractivity (Wildman–Crippen MR) is 112 cm³/mol. The van der Waals surface area contributed by atoms with E-state index in [9.17, 15) is 9.59 Å². The van der Waals surface area contributed by atoms with Gasteiger partial charge in [0.05, 0.1) is 11.3 Å². The number of aryl methyl sites for hydroxylation is 1. The van der Waals surface area contributed by atoms with E-state index in [1.165, 1.54) is 4.68 Å². The summed E-state index contributed by atoms with van der Waals surface area (Å²) in [5.74, 6) is 1.44. The molecule has 156 valence electrons. The lowest BCUT2D eigenvalue weighted by Gasteiger charge is -2.13. The van der Waals surface area contributed by atoms with Crippen molar-refractivity contribution in [1.29, 1.82) is 0 Å². The Morgan fingerprint density at radius 3 is 2.87 bits per heavy atom. The Hall–Kier alpha value is -3.53. The lowest BCUT2D eigenvalue weighted by Crippen LogP contribution is -2.14. The minimum absolute atomic E-state index is 0.0669. The van der Waals surface area contributed by atoms with Gasteiger partial charge in [0.2, 0.25) is 0 Å². The average Bonchev–Trinajstić information content (AvgIpc) is 3.54. The van der Waals surface area contributed by atoms with Crippen LogP contribution in [0.5, 0.6) is 0 Å². The third-order valence-corrected chi connectivity index (χ3v) is 4.86. The first kappa shape index (κ1) is 19.8. The molecule has 3 aromatic heterocycles. The van der Waals surface area contributed by atoms with E-state index in [-0.39, 0.29) is 23.9 Å². The Balaban J connectivity index is 1.59. The van der Waals surface area contributed by atoms with Gasteiger partial charge in [-0.05, 0) is 25.3 Å². The first-order valence-electron chi connectivity index (χ1n) is 9.80. The van der Waals surface area contributed by atoms with Gasteiger partial charge in [0, 0.05) is 50.8 Å². The number of carbonyl (C=O) groups is 1. The fourth-order valence-electron chi connectivity index (χ4n) is 3.05. The van der Waals surface area contributed by atoms with E-state index in [0.717, 1.165) is 12.8 Å². The third kappa shape index (κ3) is 4.23. The maximum atomic E-state index is 12.6. The number of nitrogens with zero attached hydrogens (tertiary/aromatic N) is 4. The Labute approximate surface area is 172 Å². The zero-order chi connectivity index (χ0) is 21.1. The van der Waals surface area contributed by atoms with Crippen LogP contribution in [0.2, 0.25) is 0 Å². The molecule has 3 heterocycles. The van der Waals surface area contributed by atoms with Crippen molar-refractivity contribution in [2.24, 2.45) is 13.0 Å². The van der Waals surface area contributed by atoms with Crippen molar-refractivity contribution in [2.75, 3.05) is 23.8 Å². The number of rotatable bonds is 9. The Kier molecular flexibility index (Phi) is 5.57. The monoisotopic (exact) mass is 409 g/mol. The average molecular weight is 409 g/mol. The number of anilines is 3. The molecule has 0 bridgehead atoms. The second-order valence-electron chi connectivity index (χ2n) is 7.20. The molecule has 3 aromatic rings. The van der Waals surface area contributed by atoms with Crippen molar-refractivity contribution in [3.05, 3.63) is 46.6 Å². The molecule has 0 atom stereocenters. The van der Waals surface area contributed by atoms with E-state index < -0.39 is 0 Å². The molecule has 10 nitrogen and oxygen atoms in total. The molecule has 1 aliphatic carbocycles. The molecule has 1 saturated carbocycles. The Bertz CT molecular complexity index is 1120. The summed E-state index contributed by atoms with van der Waals surface area (Å²) in [7, 11) is 1.62. The smallest absolute Gasteiger partial charge is 0.277 e. The molecular formula is C20H23N7O3. The molecule has 1 aliphatic rings. The van der Waals surface area contributed by atoms with Gasteiger partial charge in [-0.2, -0.15) is 0 Å². The van der Waals surface area contributed by atoms with Crippen LogP contribution in [0, 0.1) is 5.92 Å². The molecule has 0 aromatic carbocycles. The summed E-state index contributed by atoms with van der Waals surface area (Å²) in [6, 6.07) is 3.43. The Morgan fingerprint density at radius 1 is 1.33 bits per heavy atom. The van der Waals surface area contributed by atoms with Crippen LogP contribution in [0.4, 0.5) is 17.3 Å². The van der Waals surface area contributed by atoms with Gasteiger partial charge in [-0.1, -0.05) is 0 Å². The standard InChI is InChI=1S/C20H23N7O3/c1-27-20(30)14(11-24-27)19-22-7-5-16(26-19)25-17-9-15(21-6-2-8-28)13(10-23-17)18(29)12-3-4-12/h5,7,9-12,24,28H,2-4,6,8H2,1H3,(H2,21,22,23,25,26). The molecule has 10 heteroatoms. The summed E-state index contributed by atoms with van der Waals surface area (Å²) in [4.78, 5) is 37.6. The van der Waals surface area contributed by atoms with Crippen molar-refractivity contribution >= 4 is 23.1 Å². The minimum Gasteiger partial charge on any atom is -0.396 e. The van der Waals surface area contributed by atoms with Gasteiger partial charge in [-0.15, -0.1) is 0 Å². The van der Waals surface area contributed by atoms with Crippen LogP contribution in [-0.2, 0) is 7.05 Å². The number of carbonyl (C=O) groups excluding carboxylic acids is 1. The summed E-state index contributed by atoms with van der Waals surface area (Å²) >= 11 is 0. The molecule has 1 fully saturated rings. The summed E-state index contributed by atoms with van der Waals surface area (Å²) < 4.78 is 1.35. The molecular weight excluding hydrogens is 386 g/mol. The van der Waals surface area contributed by atoms with Crippen LogP contribution in [0.25, 0.3) is 11.4 Å². The molecule has 4 N–H and O–H groups in total. The summed E-state index contributed by atoms with van der Waals surface area (Å²) in [6.45, 7) is 0.608. The first-order chi connectivity index (χ1) is 14.6. The van der Waals surface area contributed by atoms with Gasteiger partial charge >= 0.3 is 0 Å². The van der Waals surface area contributed by atoms with Gasteiger partial charge in [-0.3, -0.25) is 14.3 Å². The second-order valence-corrected chi connectivity index (χ2v) is 7.20. The fourth-order valence-corrected chi connectivity index (χ4v) is 3.05. The molecule has 30 heavy (non-hydrogen) atoms. The van der Waals surface area contributed by atoms with Crippen LogP contribution in [0.3, 0.4) is 0 Å². The maximum Gasteiger partial charge on any atom is 0.277 e. The number of hydrogen-bond acceptors (Lipinski definition) is 8. The van der Waals surface area contributed by atoms with E-state index in [0.29, 0.717) is 47.2 Å². The van der Waals surface area contributed by atoms with Crippen LogP contribution in [0.1, 0.15) is 29.6 Å². The second kappa shape index (κ2) is 8.46.